The van der Waals surface area contributed by atoms with Crippen LogP contribution in [-0.2, 0) is 0 Å². The lowest BCUT2D eigenvalue weighted by Gasteiger charge is -2.28. The second-order valence-corrected chi connectivity index (χ2v) is 5.41. The number of unbranched alkanes of at least 4 members (excludes halogenated alkanes) is 2. The van der Waals surface area contributed by atoms with Crippen LogP contribution in [0.1, 0.15) is 56.8 Å². The minimum atomic E-state index is -0.780. The molecule has 1 aromatic rings. The SMILES string of the molecule is CCCCN(CCCC)C(C)C(=O)c1ccc(F)cc1F. The number of rotatable bonds is 9. The van der Waals surface area contributed by atoms with Gasteiger partial charge in [-0.3, -0.25) is 9.69 Å². The lowest BCUT2D eigenvalue weighted by molar-refractivity contribution is 0.0829. The van der Waals surface area contributed by atoms with E-state index >= 15 is 0 Å². The van der Waals surface area contributed by atoms with Gasteiger partial charge in [0.05, 0.1) is 11.6 Å². The van der Waals surface area contributed by atoms with Crippen LogP contribution in [0.2, 0.25) is 0 Å². The summed E-state index contributed by atoms with van der Waals surface area (Å²) in [6.07, 6.45) is 4.11. The summed E-state index contributed by atoms with van der Waals surface area (Å²) < 4.78 is 26.7. The summed E-state index contributed by atoms with van der Waals surface area (Å²) in [5.41, 5.74) is -0.0260. The summed E-state index contributed by atoms with van der Waals surface area (Å²) in [5, 5.41) is 0. The van der Waals surface area contributed by atoms with Gasteiger partial charge in [0.25, 0.3) is 0 Å². The van der Waals surface area contributed by atoms with Gasteiger partial charge >= 0.3 is 0 Å². The highest BCUT2D eigenvalue weighted by atomic mass is 19.1. The fourth-order valence-corrected chi connectivity index (χ4v) is 2.30. The summed E-state index contributed by atoms with van der Waals surface area (Å²) in [4.78, 5) is 14.5. The Hall–Kier alpha value is -1.29. The molecule has 0 aliphatic carbocycles. The predicted molar refractivity (Wildman–Crippen MR) is 81.5 cm³/mol. The van der Waals surface area contributed by atoms with Crippen molar-refractivity contribution in [3.63, 3.8) is 0 Å². The molecule has 118 valence electrons. The number of nitrogens with zero attached hydrogens (tertiary/aromatic N) is 1. The highest BCUT2D eigenvalue weighted by Gasteiger charge is 2.24. The molecule has 0 aliphatic heterocycles. The molecule has 0 saturated carbocycles. The zero-order valence-corrected chi connectivity index (χ0v) is 13.2. The van der Waals surface area contributed by atoms with Crippen LogP contribution in [0, 0.1) is 11.6 Å². The van der Waals surface area contributed by atoms with Crippen LogP contribution in [0.5, 0.6) is 0 Å². The minimum Gasteiger partial charge on any atom is -0.294 e. The maximum Gasteiger partial charge on any atom is 0.182 e. The Morgan fingerprint density at radius 2 is 1.71 bits per heavy atom. The Kier molecular flexibility index (Phi) is 7.51. The van der Waals surface area contributed by atoms with Crippen LogP contribution in [0.15, 0.2) is 18.2 Å². The lowest BCUT2D eigenvalue weighted by atomic mass is 10.0. The fourth-order valence-electron chi connectivity index (χ4n) is 2.30. The molecule has 4 heteroatoms. The van der Waals surface area contributed by atoms with Crippen molar-refractivity contribution in [2.24, 2.45) is 0 Å². The molecule has 1 aromatic carbocycles. The molecule has 0 amide bonds. The topological polar surface area (TPSA) is 20.3 Å². The van der Waals surface area contributed by atoms with Crippen molar-refractivity contribution in [1.82, 2.24) is 4.90 Å². The Balaban J connectivity index is 2.85. The van der Waals surface area contributed by atoms with E-state index in [2.05, 4.69) is 18.7 Å². The first-order valence-electron chi connectivity index (χ1n) is 7.74. The molecule has 21 heavy (non-hydrogen) atoms. The van der Waals surface area contributed by atoms with Gasteiger partial charge in [-0.25, -0.2) is 8.78 Å². The minimum absolute atomic E-state index is 0.0260. The highest BCUT2D eigenvalue weighted by molar-refractivity contribution is 6.00. The number of carbonyl (C=O) groups is 1. The maximum atomic E-state index is 13.7. The molecular weight excluding hydrogens is 272 g/mol. The Bertz CT molecular complexity index is 454. The van der Waals surface area contributed by atoms with Crippen LogP contribution in [0.3, 0.4) is 0 Å². The molecule has 2 nitrogen and oxygen atoms in total. The average Bonchev–Trinajstić information content (AvgIpc) is 2.46. The van der Waals surface area contributed by atoms with Crippen molar-refractivity contribution in [2.75, 3.05) is 13.1 Å². The van der Waals surface area contributed by atoms with Crippen LogP contribution < -0.4 is 0 Å². The second kappa shape index (κ2) is 8.88. The summed E-state index contributed by atoms with van der Waals surface area (Å²) in [5.74, 6) is -1.72. The largest absolute Gasteiger partial charge is 0.294 e. The summed E-state index contributed by atoms with van der Waals surface area (Å²) in [7, 11) is 0. The second-order valence-electron chi connectivity index (χ2n) is 5.41. The van der Waals surface area contributed by atoms with E-state index in [1.165, 1.54) is 6.07 Å². The van der Waals surface area contributed by atoms with E-state index in [0.717, 1.165) is 50.9 Å². The summed E-state index contributed by atoms with van der Waals surface area (Å²) >= 11 is 0. The van der Waals surface area contributed by atoms with Crippen molar-refractivity contribution in [1.29, 1.82) is 0 Å². The Morgan fingerprint density at radius 3 is 2.19 bits per heavy atom. The number of benzene rings is 1. The summed E-state index contributed by atoms with van der Waals surface area (Å²) in [6, 6.07) is 2.75. The molecule has 0 aliphatic rings. The molecule has 0 heterocycles. The van der Waals surface area contributed by atoms with Gasteiger partial charge in [0.2, 0.25) is 0 Å². The third kappa shape index (κ3) is 5.20. The van der Waals surface area contributed by atoms with E-state index in [0.29, 0.717) is 0 Å². The normalized spacial score (nSPS) is 12.7. The number of carbonyl (C=O) groups excluding carboxylic acids is 1. The zero-order chi connectivity index (χ0) is 15.8. The number of hydrogen-bond donors (Lipinski definition) is 0. The van der Waals surface area contributed by atoms with Gasteiger partial charge in [0.15, 0.2) is 5.78 Å². The smallest absolute Gasteiger partial charge is 0.182 e. The van der Waals surface area contributed by atoms with Gasteiger partial charge in [-0.2, -0.15) is 0 Å². The van der Waals surface area contributed by atoms with Gasteiger partial charge < -0.3 is 0 Å². The number of Topliss-reactive ketones (excluding diaryl/α,β-unsaturated/α-hetero) is 1. The number of ketones is 1. The molecule has 0 spiro atoms. The third-order valence-corrected chi connectivity index (χ3v) is 3.72. The first-order valence-corrected chi connectivity index (χ1v) is 7.74. The third-order valence-electron chi connectivity index (χ3n) is 3.72. The standard InChI is InChI=1S/C17H25F2NO/c1-4-6-10-20(11-7-5-2)13(3)17(21)15-9-8-14(18)12-16(15)19/h8-9,12-13H,4-7,10-11H2,1-3H3. The first kappa shape index (κ1) is 17.8. The lowest BCUT2D eigenvalue weighted by Crippen LogP contribution is -2.40. The van der Waals surface area contributed by atoms with Gasteiger partial charge in [-0.15, -0.1) is 0 Å². The average molecular weight is 297 g/mol. The Labute approximate surface area is 126 Å². The zero-order valence-electron chi connectivity index (χ0n) is 13.2. The van der Waals surface area contributed by atoms with Crippen molar-refractivity contribution in [3.8, 4) is 0 Å². The maximum absolute atomic E-state index is 13.7. The van der Waals surface area contributed by atoms with Gasteiger partial charge in [-0.05, 0) is 45.0 Å². The monoisotopic (exact) mass is 297 g/mol. The molecule has 0 saturated heterocycles. The van der Waals surface area contributed by atoms with Crippen LogP contribution >= 0.6 is 0 Å². The van der Waals surface area contributed by atoms with Crippen molar-refractivity contribution in [3.05, 3.63) is 35.4 Å². The van der Waals surface area contributed by atoms with Crippen LogP contribution in [-0.4, -0.2) is 29.8 Å². The number of halogens is 2. The van der Waals surface area contributed by atoms with Gasteiger partial charge in [-0.1, -0.05) is 26.7 Å². The van der Waals surface area contributed by atoms with Crippen molar-refractivity contribution >= 4 is 5.78 Å². The highest BCUT2D eigenvalue weighted by Crippen LogP contribution is 2.15. The fraction of sp³-hybridized carbons (Fsp3) is 0.588. The van der Waals surface area contributed by atoms with E-state index < -0.39 is 11.6 Å². The molecule has 0 bridgehead atoms. The molecular formula is C17H25F2NO. The van der Waals surface area contributed by atoms with Crippen molar-refractivity contribution < 1.29 is 13.6 Å². The van der Waals surface area contributed by atoms with E-state index in [-0.39, 0.29) is 17.4 Å². The van der Waals surface area contributed by atoms with E-state index in [1.54, 1.807) is 6.92 Å². The predicted octanol–water partition coefficient (Wildman–Crippen LogP) is 4.44. The number of hydrogen-bond acceptors (Lipinski definition) is 2. The van der Waals surface area contributed by atoms with Gasteiger partial charge in [0, 0.05) is 6.07 Å². The molecule has 0 N–H and O–H groups in total. The van der Waals surface area contributed by atoms with Crippen LogP contribution in [0.25, 0.3) is 0 Å². The van der Waals surface area contributed by atoms with E-state index in [4.69, 9.17) is 0 Å². The molecule has 0 aromatic heterocycles. The molecule has 1 unspecified atom stereocenters. The quantitative estimate of drug-likeness (QED) is 0.628. The van der Waals surface area contributed by atoms with E-state index in [9.17, 15) is 13.6 Å². The molecule has 1 atom stereocenters. The van der Waals surface area contributed by atoms with Gasteiger partial charge in [0.1, 0.15) is 11.6 Å². The van der Waals surface area contributed by atoms with Crippen LogP contribution in [0.4, 0.5) is 8.78 Å². The van der Waals surface area contributed by atoms with E-state index in [1.807, 2.05) is 0 Å². The Morgan fingerprint density at radius 1 is 1.14 bits per heavy atom. The summed E-state index contributed by atoms with van der Waals surface area (Å²) in [6.45, 7) is 7.66. The molecule has 0 fully saturated rings. The first-order chi connectivity index (χ1) is 10.0. The molecule has 1 rings (SSSR count). The van der Waals surface area contributed by atoms with Crippen molar-refractivity contribution in [2.45, 2.75) is 52.5 Å². The molecule has 0 radical (unpaired) electrons.